The molecule has 0 saturated carbocycles. The molecule has 0 saturated heterocycles. The van der Waals surface area contributed by atoms with E-state index in [0.29, 0.717) is 40.2 Å². The van der Waals surface area contributed by atoms with E-state index in [1.165, 1.54) is 11.3 Å². The summed E-state index contributed by atoms with van der Waals surface area (Å²) in [7, 11) is 0. The highest BCUT2D eigenvalue weighted by Crippen LogP contribution is 2.39. The minimum atomic E-state index is -0.329. The average Bonchev–Trinajstić information content (AvgIpc) is 3.48. The van der Waals surface area contributed by atoms with Gasteiger partial charge in [-0.05, 0) is 42.7 Å². The first-order valence-electron chi connectivity index (χ1n) is 9.80. The van der Waals surface area contributed by atoms with E-state index in [1.807, 2.05) is 18.2 Å². The highest BCUT2D eigenvalue weighted by Gasteiger charge is 2.33. The fourth-order valence-electron chi connectivity index (χ4n) is 3.69. The Morgan fingerprint density at radius 1 is 1.16 bits per heavy atom. The summed E-state index contributed by atoms with van der Waals surface area (Å²) in [4.78, 5) is 30.9. The standard InChI is InChI=1S/C22H18ClN3O4S/c23-15-4-2-1-3-13(15)10-24-21(28)14-6-8-18-19(14)25-22(31-18)26-20(27)12-5-7-16-17(9-12)30-11-29-16/h1-5,7,9,14H,6,8,10-11H2,(H,24,28)(H,25,26,27). The lowest BCUT2D eigenvalue weighted by Gasteiger charge is -2.11. The molecule has 5 rings (SSSR count). The van der Waals surface area contributed by atoms with Crippen molar-refractivity contribution >= 4 is 39.9 Å². The Morgan fingerprint density at radius 3 is 2.87 bits per heavy atom. The van der Waals surface area contributed by atoms with E-state index in [1.54, 1.807) is 24.3 Å². The number of carbonyl (C=O) groups is 2. The minimum absolute atomic E-state index is 0.0855. The Balaban J connectivity index is 1.25. The molecule has 2 heterocycles. The summed E-state index contributed by atoms with van der Waals surface area (Å²) in [6, 6.07) is 12.4. The number of amides is 2. The number of benzene rings is 2. The number of nitrogens with zero attached hydrogens (tertiary/aromatic N) is 1. The Bertz CT molecular complexity index is 1180. The van der Waals surface area contributed by atoms with Gasteiger partial charge in [-0.2, -0.15) is 0 Å². The zero-order valence-corrected chi connectivity index (χ0v) is 17.9. The maximum Gasteiger partial charge on any atom is 0.257 e. The van der Waals surface area contributed by atoms with Gasteiger partial charge >= 0.3 is 0 Å². The molecule has 0 fully saturated rings. The minimum Gasteiger partial charge on any atom is -0.454 e. The average molecular weight is 456 g/mol. The molecular weight excluding hydrogens is 438 g/mol. The monoisotopic (exact) mass is 455 g/mol. The van der Waals surface area contributed by atoms with E-state index >= 15 is 0 Å². The van der Waals surface area contributed by atoms with Crippen LogP contribution in [0.5, 0.6) is 11.5 Å². The van der Waals surface area contributed by atoms with Crippen molar-refractivity contribution in [1.29, 1.82) is 0 Å². The molecule has 0 bridgehead atoms. The number of anilines is 1. The smallest absolute Gasteiger partial charge is 0.257 e. The number of hydrogen-bond acceptors (Lipinski definition) is 6. The first-order chi connectivity index (χ1) is 15.1. The maximum atomic E-state index is 12.8. The Kier molecular flexibility index (Phi) is 5.25. The van der Waals surface area contributed by atoms with Gasteiger partial charge in [0.25, 0.3) is 5.91 Å². The molecule has 2 amide bonds. The molecule has 3 aromatic rings. The van der Waals surface area contributed by atoms with Gasteiger partial charge in [-0.25, -0.2) is 4.98 Å². The van der Waals surface area contributed by atoms with E-state index in [9.17, 15) is 9.59 Å². The molecule has 2 aromatic carbocycles. The third kappa shape index (κ3) is 3.96. The maximum absolute atomic E-state index is 12.8. The van der Waals surface area contributed by atoms with Gasteiger partial charge in [0, 0.05) is 22.0 Å². The van der Waals surface area contributed by atoms with Gasteiger partial charge in [-0.15, -0.1) is 11.3 Å². The van der Waals surface area contributed by atoms with Gasteiger partial charge in [0.05, 0.1) is 11.6 Å². The van der Waals surface area contributed by atoms with Gasteiger partial charge in [0.15, 0.2) is 16.6 Å². The highest BCUT2D eigenvalue weighted by molar-refractivity contribution is 7.16. The van der Waals surface area contributed by atoms with Crippen molar-refractivity contribution in [3.05, 3.63) is 69.2 Å². The van der Waals surface area contributed by atoms with Crippen LogP contribution in [0.2, 0.25) is 5.02 Å². The fourth-order valence-corrected chi connectivity index (χ4v) is 4.93. The number of nitrogens with one attached hydrogen (secondary N) is 2. The summed E-state index contributed by atoms with van der Waals surface area (Å²) in [6.45, 7) is 0.516. The molecule has 1 aliphatic carbocycles. The lowest BCUT2D eigenvalue weighted by Crippen LogP contribution is -2.28. The van der Waals surface area contributed by atoms with Crippen LogP contribution >= 0.6 is 22.9 Å². The number of aromatic nitrogens is 1. The number of halogens is 1. The van der Waals surface area contributed by atoms with E-state index in [0.717, 1.165) is 22.6 Å². The van der Waals surface area contributed by atoms with Crippen LogP contribution in [0.15, 0.2) is 42.5 Å². The number of ether oxygens (including phenoxy) is 2. The van der Waals surface area contributed by atoms with Crippen molar-refractivity contribution in [2.45, 2.75) is 25.3 Å². The predicted octanol–water partition coefficient (Wildman–Crippen LogP) is 4.12. The van der Waals surface area contributed by atoms with Gasteiger partial charge in [-0.1, -0.05) is 29.8 Å². The zero-order valence-electron chi connectivity index (χ0n) is 16.3. The van der Waals surface area contributed by atoms with Crippen LogP contribution in [-0.4, -0.2) is 23.6 Å². The number of thiazole rings is 1. The number of rotatable bonds is 5. The van der Waals surface area contributed by atoms with Gasteiger partial charge in [0.1, 0.15) is 0 Å². The molecule has 7 nitrogen and oxygen atoms in total. The fraction of sp³-hybridized carbons (Fsp3) is 0.227. The summed E-state index contributed by atoms with van der Waals surface area (Å²) < 4.78 is 10.6. The molecule has 1 aromatic heterocycles. The first-order valence-corrected chi connectivity index (χ1v) is 11.0. The lowest BCUT2D eigenvalue weighted by atomic mass is 10.1. The second-order valence-electron chi connectivity index (χ2n) is 7.25. The molecule has 1 atom stereocenters. The van der Waals surface area contributed by atoms with Crippen LogP contribution in [0, 0.1) is 0 Å². The van der Waals surface area contributed by atoms with Crippen molar-refractivity contribution in [2.24, 2.45) is 0 Å². The highest BCUT2D eigenvalue weighted by atomic mass is 35.5. The van der Waals surface area contributed by atoms with Crippen LogP contribution in [-0.2, 0) is 17.8 Å². The first kappa shape index (κ1) is 19.8. The van der Waals surface area contributed by atoms with Crippen molar-refractivity contribution in [3.8, 4) is 11.5 Å². The van der Waals surface area contributed by atoms with Crippen molar-refractivity contribution in [1.82, 2.24) is 10.3 Å². The zero-order chi connectivity index (χ0) is 21.4. The number of hydrogen-bond donors (Lipinski definition) is 2. The molecular formula is C22H18ClN3O4S. The SMILES string of the molecule is O=C(Nc1nc2c(s1)CCC2C(=O)NCc1ccccc1Cl)c1ccc2c(c1)OCO2. The van der Waals surface area contributed by atoms with Gasteiger partial charge in [-0.3, -0.25) is 14.9 Å². The van der Waals surface area contributed by atoms with Crippen molar-refractivity contribution in [2.75, 3.05) is 12.1 Å². The van der Waals surface area contributed by atoms with E-state index < -0.39 is 0 Å². The largest absolute Gasteiger partial charge is 0.454 e. The summed E-state index contributed by atoms with van der Waals surface area (Å²) in [6.07, 6.45) is 1.47. The van der Waals surface area contributed by atoms with E-state index in [4.69, 9.17) is 21.1 Å². The van der Waals surface area contributed by atoms with Crippen LogP contribution < -0.4 is 20.1 Å². The number of fused-ring (bicyclic) bond motifs is 2. The lowest BCUT2D eigenvalue weighted by molar-refractivity contribution is -0.122. The second-order valence-corrected chi connectivity index (χ2v) is 8.74. The van der Waals surface area contributed by atoms with Crippen LogP contribution in [0.3, 0.4) is 0 Å². The molecule has 2 aliphatic rings. The molecule has 1 unspecified atom stereocenters. The number of carbonyl (C=O) groups excluding carboxylic acids is 2. The van der Waals surface area contributed by atoms with Crippen LogP contribution in [0.4, 0.5) is 5.13 Å². The quantitative estimate of drug-likeness (QED) is 0.604. The normalized spacial score (nSPS) is 16.1. The number of aryl methyl sites for hydroxylation is 1. The van der Waals surface area contributed by atoms with E-state index in [-0.39, 0.29) is 24.5 Å². The summed E-state index contributed by atoms with van der Waals surface area (Å²) in [5.41, 5.74) is 2.06. The Hall–Kier alpha value is -3.10. The summed E-state index contributed by atoms with van der Waals surface area (Å²) in [5, 5.41) is 6.88. The van der Waals surface area contributed by atoms with Gasteiger partial charge in [0.2, 0.25) is 12.7 Å². The second kappa shape index (κ2) is 8.20. The summed E-state index contributed by atoms with van der Waals surface area (Å²) >= 11 is 7.57. The van der Waals surface area contributed by atoms with Crippen LogP contribution in [0.25, 0.3) is 0 Å². The van der Waals surface area contributed by atoms with Gasteiger partial charge < -0.3 is 14.8 Å². The topological polar surface area (TPSA) is 89.6 Å². The molecule has 0 radical (unpaired) electrons. The molecule has 1 aliphatic heterocycles. The van der Waals surface area contributed by atoms with Crippen molar-refractivity contribution < 1.29 is 19.1 Å². The molecule has 9 heteroatoms. The Morgan fingerprint density at radius 2 is 2.00 bits per heavy atom. The Labute approximate surface area is 187 Å². The molecule has 31 heavy (non-hydrogen) atoms. The third-order valence-corrected chi connectivity index (χ3v) is 6.72. The molecule has 2 N–H and O–H groups in total. The molecule has 0 spiro atoms. The molecule has 158 valence electrons. The third-order valence-electron chi connectivity index (χ3n) is 5.30. The van der Waals surface area contributed by atoms with Crippen molar-refractivity contribution in [3.63, 3.8) is 0 Å². The van der Waals surface area contributed by atoms with E-state index in [2.05, 4.69) is 15.6 Å². The van der Waals surface area contributed by atoms with Crippen LogP contribution in [0.1, 0.15) is 38.8 Å². The summed E-state index contributed by atoms with van der Waals surface area (Å²) in [5.74, 6) is 0.466. The predicted molar refractivity (Wildman–Crippen MR) is 117 cm³/mol.